The fraction of sp³-hybridized carbons (Fsp3) is 1.00. The summed E-state index contributed by atoms with van der Waals surface area (Å²) in [6, 6.07) is 0. The van der Waals surface area contributed by atoms with Gasteiger partial charge in [-0.1, -0.05) is 13.8 Å². The largest absolute Gasteiger partial charge is 0.392 e. The van der Waals surface area contributed by atoms with Gasteiger partial charge >= 0.3 is 0 Å². The lowest BCUT2D eigenvalue weighted by Gasteiger charge is -2.51. The first-order valence-electron chi connectivity index (χ1n) is 5.07. The third-order valence-corrected chi connectivity index (χ3v) is 3.18. The number of hydrogen-bond donors (Lipinski definition) is 1. The van der Waals surface area contributed by atoms with Gasteiger partial charge in [0.25, 0.3) is 0 Å². The quantitative estimate of drug-likeness (QED) is 0.665. The minimum atomic E-state index is 0.0356. The highest BCUT2D eigenvalue weighted by molar-refractivity contribution is 4.97. The molecule has 2 heterocycles. The Morgan fingerprint density at radius 2 is 1.92 bits per heavy atom. The molecule has 2 bridgehead atoms. The van der Waals surface area contributed by atoms with Crippen LogP contribution in [0.3, 0.4) is 0 Å². The van der Waals surface area contributed by atoms with E-state index in [4.69, 9.17) is 0 Å². The van der Waals surface area contributed by atoms with Gasteiger partial charge in [0, 0.05) is 19.6 Å². The van der Waals surface area contributed by atoms with Crippen LogP contribution in [0.1, 0.15) is 20.3 Å². The molecule has 3 atom stereocenters. The Labute approximate surface area is 74.6 Å². The summed E-state index contributed by atoms with van der Waals surface area (Å²) < 4.78 is 0. The zero-order valence-corrected chi connectivity index (χ0v) is 8.03. The number of aliphatic hydroxyl groups excluding tert-OH is 1. The molecule has 1 saturated carbocycles. The normalized spacial score (nSPS) is 41.5. The first-order valence-corrected chi connectivity index (χ1v) is 5.07. The molecule has 3 aliphatic rings. The maximum absolute atomic E-state index is 9.55. The SMILES string of the molecule is CC(C)CN1C[C@H]2C[C@@H](C1)C2O. The summed E-state index contributed by atoms with van der Waals surface area (Å²) in [5.41, 5.74) is 0. The molecule has 3 rings (SSSR count). The highest BCUT2D eigenvalue weighted by Crippen LogP contribution is 2.39. The number of nitrogens with zero attached hydrogens (tertiary/aromatic N) is 1. The van der Waals surface area contributed by atoms with E-state index in [1.807, 2.05) is 0 Å². The second-order valence-corrected chi connectivity index (χ2v) is 4.86. The predicted octanol–water partition coefficient (Wildman–Crippen LogP) is 0.955. The van der Waals surface area contributed by atoms with Gasteiger partial charge < -0.3 is 10.0 Å². The van der Waals surface area contributed by atoms with Crippen molar-refractivity contribution in [1.82, 2.24) is 4.90 Å². The highest BCUT2D eigenvalue weighted by Gasteiger charge is 2.45. The molecule has 0 aromatic carbocycles. The molecule has 70 valence electrons. The van der Waals surface area contributed by atoms with Crippen molar-refractivity contribution in [2.45, 2.75) is 26.4 Å². The summed E-state index contributed by atoms with van der Waals surface area (Å²) in [6.07, 6.45) is 1.31. The van der Waals surface area contributed by atoms with E-state index in [9.17, 15) is 5.11 Å². The van der Waals surface area contributed by atoms with E-state index in [-0.39, 0.29) is 6.10 Å². The topological polar surface area (TPSA) is 23.5 Å². The Morgan fingerprint density at radius 1 is 1.33 bits per heavy atom. The molecule has 1 unspecified atom stereocenters. The molecule has 12 heavy (non-hydrogen) atoms. The molecule has 0 aromatic rings. The maximum Gasteiger partial charge on any atom is 0.0621 e. The Kier molecular flexibility index (Phi) is 2.13. The van der Waals surface area contributed by atoms with Gasteiger partial charge in [-0.2, -0.15) is 0 Å². The number of aliphatic hydroxyl groups is 1. The van der Waals surface area contributed by atoms with Crippen LogP contribution < -0.4 is 0 Å². The summed E-state index contributed by atoms with van der Waals surface area (Å²) in [5, 5.41) is 9.55. The van der Waals surface area contributed by atoms with Gasteiger partial charge in [-0.05, 0) is 24.2 Å². The van der Waals surface area contributed by atoms with Gasteiger partial charge in [0.1, 0.15) is 0 Å². The average molecular weight is 169 g/mol. The van der Waals surface area contributed by atoms with Crippen molar-refractivity contribution in [2.75, 3.05) is 19.6 Å². The van der Waals surface area contributed by atoms with Gasteiger partial charge in [0.05, 0.1) is 6.10 Å². The third kappa shape index (κ3) is 1.38. The van der Waals surface area contributed by atoms with Gasteiger partial charge in [-0.3, -0.25) is 0 Å². The van der Waals surface area contributed by atoms with Gasteiger partial charge in [0.2, 0.25) is 0 Å². The molecule has 0 aromatic heterocycles. The standard InChI is InChI=1S/C10H19NO/c1-7(2)4-11-5-8-3-9(6-11)10(8)12/h7-10,12H,3-6H2,1-2H3/t8-,9+,10?. The van der Waals surface area contributed by atoms with Crippen LogP contribution >= 0.6 is 0 Å². The Bertz CT molecular complexity index is 157. The highest BCUT2D eigenvalue weighted by atomic mass is 16.3. The van der Waals surface area contributed by atoms with Crippen LogP contribution in [-0.4, -0.2) is 35.7 Å². The molecule has 2 nitrogen and oxygen atoms in total. The Morgan fingerprint density at radius 3 is 2.33 bits per heavy atom. The minimum Gasteiger partial charge on any atom is -0.392 e. The van der Waals surface area contributed by atoms with E-state index >= 15 is 0 Å². The van der Waals surface area contributed by atoms with Gasteiger partial charge in [-0.25, -0.2) is 0 Å². The minimum absolute atomic E-state index is 0.0356. The monoisotopic (exact) mass is 169 g/mol. The number of fused-ring (bicyclic) bond motifs is 2. The number of hydrogen-bond acceptors (Lipinski definition) is 2. The fourth-order valence-electron chi connectivity index (χ4n) is 2.63. The van der Waals surface area contributed by atoms with Crippen LogP contribution in [0.15, 0.2) is 0 Å². The zero-order valence-electron chi connectivity index (χ0n) is 8.03. The fourth-order valence-corrected chi connectivity index (χ4v) is 2.63. The smallest absolute Gasteiger partial charge is 0.0621 e. The molecular weight excluding hydrogens is 150 g/mol. The summed E-state index contributed by atoms with van der Waals surface area (Å²) in [5.74, 6) is 1.96. The zero-order chi connectivity index (χ0) is 8.72. The molecular formula is C10H19NO. The summed E-state index contributed by atoms with van der Waals surface area (Å²) in [4.78, 5) is 2.51. The lowest BCUT2D eigenvalue weighted by molar-refractivity contribution is -0.109. The summed E-state index contributed by atoms with van der Waals surface area (Å²) >= 11 is 0. The first kappa shape index (κ1) is 8.52. The molecule has 3 fully saturated rings. The van der Waals surface area contributed by atoms with Crippen molar-refractivity contribution in [3.8, 4) is 0 Å². The van der Waals surface area contributed by atoms with Crippen LogP contribution in [0.4, 0.5) is 0 Å². The second-order valence-electron chi connectivity index (χ2n) is 4.86. The van der Waals surface area contributed by atoms with Gasteiger partial charge in [0.15, 0.2) is 0 Å². The average Bonchev–Trinajstić information content (AvgIpc) is 2.02. The third-order valence-electron chi connectivity index (χ3n) is 3.18. The Balaban J connectivity index is 1.83. The molecule has 1 aliphatic carbocycles. The van der Waals surface area contributed by atoms with Crippen molar-refractivity contribution >= 4 is 0 Å². The molecule has 0 spiro atoms. The lowest BCUT2D eigenvalue weighted by atomic mass is 9.68. The van der Waals surface area contributed by atoms with E-state index < -0.39 is 0 Å². The molecule has 2 heteroatoms. The molecule has 2 aliphatic heterocycles. The van der Waals surface area contributed by atoms with Crippen LogP contribution in [-0.2, 0) is 0 Å². The molecule has 2 saturated heterocycles. The predicted molar refractivity (Wildman–Crippen MR) is 48.9 cm³/mol. The van der Waals surface area contributed by atoms with Crippen molar-refractivity contribution in [3.63, 3.8) is 0 Å². The van der Waals surface area contributed by atoms with E-state index in [1.165, 1.54) is 13.0 Å². The first-order chi connectivity index (χ1) is 5.66. The maximum atomic E-state index is 9.55. The van der Waals surface area contributed by atoms with Crippen LogP contribution in [0, 0.1) is 17.8 Å². The summed E-state index contributed by atoms with van der Waals surface area (Å²) in [6.45, 7) is 8.00. The van der Waals surface area contributed by atoms with Crippen molar-refractivity contribution < 1.29 is 5.11 Å². The van der Waals surface area contributed by atoms with E-state index in [0.29, 0.717) is 11.8 Å². The van der Waals surface area contributed by atoms with E-state index in [0.717, 1.165) is 19.0 Å². The molecule has 0 amide bonds. The molecule has 1 N–H and O–H groups in total. The van der Waals surface area contributed by atoms with E-state index in [1.54, 1.807) is 0 Å². The van der Waals surface area contributed by atoms with Crippen LogP contribution in [0.2, 0.25) is 0 Å². The lowest BCUT2D eigenvalue weighted by Crippen LogP contribution is -2.58. The Hall–Kier alpha value is -0.0800. The summed E-state index contributed by atoms with van der Waals surface area (Å²) in [7, 11) is 0. The van der Waals surface area contributed by atoms with Crippen molar-refractivity contribution in [2.24, 2.45) is 17.8 Å². The number of rotatable bonds is 2. The van der Waals surface area contributed by atoms with Crippen molar-refractivity contribution in [1.29, 1.82) is 0 Å². The van der Waals surface area contributed by atoms with Crippen molar-refractivity contribution in [3.05, 3.63) is 0 Å². The number of piperidine rings is 2. The van der Waals surface area contributed by atoms with Crippen LogP contribution in [0.5, 0.6) is 0 Å². The van der Waals surface area contributed by atoms with E-state index in [2.05, 4.69) is 18.7 Å². The molecule has 0 radical (unpaired) electrons. The van der Waals surface area contributed by atoms with Crippen LogP contribution in [0.25, 0.3) is 0 Å². The van der Waals surface area contributed by atoms with Gasteiger partial charge in [-0.15, -0.1) is 0 Å². The second kappa shape index (κ2) is 3.00.